The second-order valence-corrected chi connectivity index (χ2v) is 3.50. The van der Waals surface area contributed by atoms with Gasteiger partial charge in [-0.15, -0.1) is 0 Å². The second kappa shape index (κ2) is 5.60. The molecular formula is C11H13FO5. The number of rotatable bonds is 4. The molecule has 1 aromatic rings. The van der Waals surface area contributed by atoms with Gasteiger partial charge in [-0.2, -0.15) is 0 Å². The van der Waals surface area contributed by atoms with E-state index in [1.807, 2.05) is 0 Å². The molecule has 2 atom stereocenters. The van der Waals surface area contributed by atoms with Gasteiger partial charge in [0, 0.05) is 0 Å². The van der Waals surface area contributed by atoms with Crippen molar-refractivity contribution in [3.8, 4) is 5.75 Å². The number of aromatic hydroxyl groups is 1. The Hall–Kier alpha value is -1.66. The maximum Gasteiger partial charge on any atom is 0.308 e. The maximum atomic E-state index is 13.0. The van der Waals surface area contributed by atoms with Crippen molar-refractivity contribution in [2.75, 3.05) is 7.11 Å². The molecule has 0 aliphatic rings. The summed E-state index contributed by atoms with van der Waals surface area (Å²) >= 11 is 0. The number of phenols is 1. The summed E-state index contributed by atoms with van der Waals surface area (Å²) < 4.78 is 17.3. The summed E-state index contributed by atoms with van der Waals surface area (Å²) in [7, 11) is 1.15. The third-order valence-corrected chi connectivity index (χ3v) is 2.28. The van der Waals surface area contributed by atoms with Crippen LogP contribution in [0.5, 0.6) is 5.75 Å². The maximum absolute atomic E-state index is 13.0. The van der Waals surface area contributed by atoms with E-state index in [4.69, 9.17) is 5.11 Å². The van der Waals surface area contributed by atoms with E-state index < -0.39 is 36.2 Å². The minimum atomic E-state index is -1.43. The molecule has 0 saturated carbocycles. The van der Waals surface area contributed by atoms with E-state index in [1.54, 1.807) is 0 Å². The zero-order valence-electron chi connectivity index (χ0n) is 9.13. The molecule has 6 heteroatoms. The van der Waals surface area contributed by atoms with Gasteiger partial charge in [-0.05, 0) is 17.7 Å². The van der Waals surface area contributed by atoms with Crippen molar-refractivity contribution in [3.63, 3.8) is 0 Å². The Balaban J connectivity index is 2.77. The van der Waals surface area contributed by atoms with Crippen molar-refractivity contribution in [2.24, 2.45) is 0 Å². The molecule has 2 unspecified atom stereocenters. The number of methoxy groups -OCH3 is 1. The molecule has 17 heavy (non-hydrogen) atoms. The highest BCUT2D eigenvalue weighted by Crippen LogP contribution is 2.24. The van der Waals surface area contributed by atoms with Gasteiger partial charge in [0.15, 0.2) is 11.6 Å². The molecule has 0 aromatic heterocycles. The van der Waals surface area contributed by atoms with Gasteiger partial charge in [0.2, 0.25) is 0 Å². The van der Waals surface area contributed by atoms with E-state index in [0.29, 0.717) is 0 Å². The zero-order chi connectivity index (χ0) is 13.0. The lowest BCUT2D eigenvalue weighted by Gasteiger charge is -2.17. The molecular weight excluding hydrogens is 231 g/mol. The lowest BCUT2D eigenvalue weighted by atomic mass is 10.0. The van der Waals surface area contributed by atoms with Crippen LogP contribution in [0.1, 0.15) is 18.1 Å². The normalized spacial score (nSPS) is 14.1. The van der Waals surface area contributed by atoms with Gasteiger partial charge in [0.25, 0.3) is 0 Å². The smallest absolute Gasteiger partial charge is 0.308 e. The number of carbonyl (C=O) groups is 1. The summed E-state index contributed by atoms with van der Waals surface area (Å²) in [6.07, 6.45) is -3.23. The van der Waals surface area contributed by atoms with Crippen LogP contribution in [0.25, 0.3) is 0 Å². The predicted octanol–water partition coefficient (Wildman–Crippen LogP) is 0.489. The average molecular weight is 244 g/mol. The molecule has 3 N–H and O–H groups in total. The quantitative estimate of drug-likeness (QED) is 0.671. The van der Waals surface area contributed by atoms with E-state index >= 15 is 0 Å². The molecule has 0 radical (unpaired) electrons. The molecule has 0 fully saturated rings. The Labute approximate surface area is 97.1 Å². The molecule has 0 aliphatic carbocycles. The van der Waals surface area contributed by atoms with Gasteiger partial charge >= 0.3 is 5.97 Å². The molecule has 94 valence electrons. The molecule has 0 bridgehead atoms. The first kappa shape index (κ1) is 13.4. The standard InChI is InChI=1S/C11H13FO5/c1-17-10(15)5-9(14)11(16)6-2-3-8(13)7(12)4-6/h2-4,9,11,13-14,16H,5H2,1H3. The van der Waals surface area contributed by atoms with Gasteiger partial charge in [0.05, 0.1) is 19.6 Å². The van der Waals surface area contributed by atoms with E-state index in [2.05, 4.69) is 4.74 Å². The molecule has 1 aromatic carbocycles. The van der Waals surface area contributed by atoms with E-state index in [1.165, 1.54) is 6.07 Å². The number of hydrogen-bond donors (Lipinski definition) is 3. The van der Waals surface area contributed by atoms with Crippen molar-refractivity contribution in [1.29, 1.82) is 0 Å². The zero-order valence-corrected chi connectivity index (χ0v) is 9.13. The lowest BCUT2D eigenvalue weighted by molar-refractivity contribution is -0.144. The summed E-state index contributed by atoms with van der Waals surface area (Å²) in [5, 5.41) is 28.1. The number of aliphatic hydroxyl groups is 2. The average Bonchev–Trinajstić information content (AvgIpc) is 2.31. The van der Waals surface area contributed by atoms with Crippen LogP contribution in [0.15, 0.2) is 18.2 Å². The van der Waals surface area contributed by atoms with Crippen molar-refractivity contribution < 1.29 is 29.2 Å². The van der Waals surface area contributed by atoms with Crippen LogP contribution in [-0.4, -0.2) is 34.5 Å². The third-order valence-electron chi connectivity index (χ3n) is 2.28. The Kier molecular flexibility index (Phi) is 4.42. The molecule has 0 amide bonds. The highest BCUT2D eigenvalue weighted by Gasteiger charge is 2.22. The van der Waals surface area contributed by atoms with Crippen LogP contribution in [0.3, 0.4) is 0 Å². The molecule has 0 saturated heterocycles. The summed E-state index contributed by atoms with van der Waals surface area (Å²) in [6, 6.07) is 3.20. The number of ether oxygens (including phenoxy) is 1. The van der Waals surface area contributed by atoms with Crippen LogP contribution in [0, 0.1) is 5.82 Å². The topological polar surface area (TPSA) is 87.0 Å². The molecule has 5 nitrogen and oxygen atoms in total. The highest BCUT2D eigenvalue weighted by atomic mass is 19.1. The Morgan fingerprint density at radius 2 is 2.12 bits per heavy atom. The first-order valence-electron chi connectivity index (χ1n) is 4.87. The minimum absolute atomic E-state index is 0.0664. The predicted molar refractivity (Wildman–Crippen MR) is 55.7 cm³/mol. The second-order valence-electron chi connectivity index (χ2n) is 3.50. The number of benzene rings is 1. The van der Waals surface area contributed by atoms with Gasteiger partial charge in [-0.25, -0.2) is 4.39 Å². The SMILES string of the molecule is COC(=O)CC(O)C(O)c1ccc(O)c(F)c1. The lowest BCUT2D eigenvalue weighted by Crippen LogP contribution is -2.22. The van der Waals surface area contributed by atoms with Crippen LogP contribution in [0.4, 0.5) is 4.39 Å². The number of carbonyl (C=O) groups excluding carboxylic acids is 1. The van der Waals surface area contributed by atoms with Crippen molar-refractivity contribution in [3.05, 3.63) is 29.6 Å². The largest absolute Gasteiger partial charge is 0.505 e. The summed E-state index contributed by atoms with van der Waals surface area (Å²) in [5.74, 6) is -2.15. The Bertz CT molecular complexity index is 407. The van der Waals surface area contributed by atoms with E-state index in [9.17, 15) is 19.4 Å². The van der Waals surface area contributed by atoms with Gasteiger partial charge < -0.3 is 20.1 Å². The van der Waals surface area contributed by atoms with Gasteiger partial charge in [-0.1, -0.05) is 6.07 Å². The van der Waals surface area contributed by atoms with Crippen molar-refractivity contribution >= 4 is 5.97 Å². The van der Waals surface area contributed by atoms with E-state index in [-0.39, 0.29) is 5.56 Å². The minimum Gasteiger partial charge on any atom is -0.505 e. The fraction of sp³-hybridized carbons (Fsp3) is 0.364. The fourth-order valence-corrected chi connectivity index (χ4v) is 1.29. The number of esters is 1. The number of halogens is 1. The molecule has 0 aliphatic heterocycles. The van der Waals surface area contributed by atoms with Crippen molar-refractivity contribution in [1.82, 2.24) is 0 Å². The van der Waals surface area contributed by atoms with Gasteiger partial charge in [-0.3, -0.25) is 4.79 Å². The third kappa shape index (κ3) is 3.40. The summed E-state index contributed by atoms with van der Waals surface area (Å²) in [4.78, 5) is 10.9. The van der Waals surface area contributed by atoms with Crippen molar-refractivity contribution in [2.45, 2.75) is 18.6 Å². The van der Waals surface area contributed by atoms with Crippen LogP contribution >= 0.6 is 0 Å². The number of hydrogen-bond acceptors (Lipinski definition) is 5. The van der Waals surface area contributed by atoms with Crippen LogP contribution < -0.4 is 0 Å². The number of phenolic OH excluding ortho intramolecular Hbond substituents is 1. The van der Waals surface area contributed by atoms with E-state index in [0.717, 1.165) is 19.2 Å². The fourth-order valence-electron chi connectivity index (χ4n) is 1.29. The summed E-state index contributed by atoms with van der Waals surface area (Å²) in [5.41, 5.74) is 0.0664. The monoisotopic (exact) mass is 244 g/mol. The first-order valence-corrected chi connectivity index (χ1v) is 4.87. The summed E-state index contributed by atoms with van der Waals surface area (Å²) in [6.45, 7) is 0. The first-order chi connectivity index (χ1) is 7.95. The highest BCUT2D eigenvalue weighted by molar-refractivity contribution is 5.69. The number of aliphatic hydroxyl groups excluding tert-OH is 2. The Morgan fingerprint density at radius 1 is 1.47 bits per heavy atom. The molecule has 0 heterocycles. The van der Waals surface area contributed by atoms with Gasteiger partial charge in [0.1, 0.15) is 6.10 Å². The van der Waals surface area contributed by atoms with Crippen LogP contribution in [-0.2, 0) is 9.53 Å². The molecule has 0 spiro atoms. The molecule has 1 rings (SSSR count). The Morgan fingerprint density at radius 3 is 2.65 bits per heavy atom. The van der Waals surface area contributed by atoms with Crippen LogP contribution in [0.2, 0.25) is 0 Å².